The Balaban J connectivity index is 0.00000112. The van der Waals surface area contributed by atoms with Gasteiger partial charge in [-0.1, -0.05) is 25.1 Å². The van der Waals surface area contributed by atoms with Gasteiger partial charge in [-0.2, -0.15) is 4.57 Å². The molecule has 0 fully saturated rings. The van der Waals surface area contributed by atoms with Crippen LogP contribution in [-0.2, 0) is 6.42 Å². The average Bonchev–Trinajstić information content (AvgIpc) is 2.30. The SMILES string of the molecule is CCc1ccc(-[n+]2ccccc2)cc1.[Cl-]. The first-order chi connectivity index (χ1) is 6.90. The zero-order valence-electron chi connectivity index (χ0n) is 8.73. The van der Waals surface area contributed by atoms with E-state index in [0.717, 1.165) is 6.42 Å². The maximum Gasteiger partial charge on any atom is 0.210 e. The van der Waals surface area contributed by atoms with Crippen molar-refractivity contribution in [2.24, 2.45) is 0 Å². The zero-order valence-corrected chi connectivity index (χ0v) is 9.48. The van der Waals surface area contributed by atoms with Gasteiger partial charge in [0, 0.05) is 24.3 Å². The Morgan fingerprint density at radius 3 is 2.07 bits per heavy atom. The fourth-order valence-electron chi connectivity index (χ4n) is 1.47. The van der Waals surface area contributed by atoms with Crippen molar-refractivity contribution in [3.05, 3.63) is 60.4 Å². The predicted molar refractivity (Wildman–Crippen MR) is 57.4 cm³/mol. The van der Waals surface area contributed by atoms with Gasteiger partial charge in [0.05, 0.1) is 0 Å². The number of aromatic nitrogens is 1. The van der Waals surface area contributed by atoms with Crippen LogP contribution in [0.5, 0.6) is 0 Å². The molecule has 1 nitrogen and oxygen atoms in total. The zero-order chi connectivity index (χ0) is 9.80. The van der Waals surface area contributed by atoms with E-state index in [4.69, 9.17) is 0 Å². The van der Waals surface area contributed by atoms with E-state index in [1.165, 1.54) is 11.3 Å². The molecule has 2 heteroatoms. The summed E-state index contributed by atoms with van der Waals surface area (Å²) < 4.78 is 2.11. The topological polar surface area (TPSA) is 3.88 Å². The van der Waals surface area contributed by atoms with E-state index in [0.29, 0.717) is 0 Å². The standard InChI is InChI=1S/C13H14N.ClH/c1-2-12-6-8-13(9-7-12)14-10-4-3-5-11-14;/h3-11H,2H2,1H3;1H/q+1;/p-1. The molecule has 0 aliphatic heterocycles. The van der Waals surface area contributed by atoms with Crippen molar-refractivity contribution in [1.29, 1.82) is 0 Å². The van der Waals surface area contributed by atoms with Gasteiger partial charge in [-0.05, 0) is 12.0 Å². The van der Waals surface area contributed by atoms with Gasteiger partial charge < -0.3 is 12.4 Å². The van der Waals surface area contributed by atoms with Crippen LogP contribution in [0, 0.1) is 0 Å². The quantitative estimate of drug-likeness (QED) is 0.602. The minimum Gasteiger partial charge on any atom is -1.00 e. The van der Waals surface area contributed by atoms with Crippen molar-refractivity contribution in [2.45, 2.75) is 13.3 Å². The third-order valence-electron chi connectivity index (χ3n) is 2.36. The highest BCUT2D eigenvalue weighted by molar-refractivity contribution is 5.27. The van der Waals surface area contributed by atoms with E-state index in [1.54, 1.807) is 0 Å². The van der Waals surface area contributed by atoms with E-state index in [9.17, 15) is 0 Å². The molecule has 0 spiro atoms. The predicted octanol–water partition coefficient (Wildman–Crippen LogP) is -0.470. The molecule has 15 heavy (non-hydrogen) atoms. The van der Waals surface area contributed by atoms with E-state index >= 15 is 0 Å². The molecule has 0 amide bonds. The van der Waals surface area contributed by atoms with Crippen LogP contribution in [0.4, 0.5) is 0 Å². The molecule has 0 N–H and O–H groups in total. The number of rotatable bonds is 2. The lowest BCUT2D eigenvalue weighted by molar-refractivity contribution is -0.595. The highest BCUT2D eigenvalue weighted by Crippen LogP contribution is 2.04. The van der Waals surface area contributed by atoms with Crippen molar-refractivity contribution in [3.63, 3.8) is 0 Å². The highest BCUT2D eigenvalue weighted by Gasteiger charge is 2.02. The lowest BCUT2D eigenvalue weighted by Gasteiger charge is -1.97. The minimum absolute atomic E-state index is 0. The first kappa shape index (κ1) is 11.7. The molecule has 1 aromatic heterocycles. The van der Waals surface area contributed by atoms with Gasteiger partial charge in [-0.15, -0.1) is 0 Å². The second kappa shape index (κ2) is 5.52. The van der Waals surface area contributed by atoms with E-state index in [1.807, 2.05) is 18.2 Å². The molecular weight excluding hydrogens is 206 g/mol. The Morgan fingerprint density at radius 2 is 1.53 bits per heavy atom. The van der Waals surface area contributed by atoms with Crippen molar-refractivity contribution in [3.8, 4) is 5.69 Å². The summed E-state index contributed by atoms with van der Waals surface area (Å²) in [7, 11) is 0. The number of aryl methyl sites for hydroxylation is 1. The molecule has 0 bridgehead atoms. The molecule has 0 saturated heterocycles. The lowest BCUT2D eigenvalue weighted by atomic mass is 10.1. The van der Waals surface area contributed by atoms with Crippen molar-refractivity contribution >= 4 is 0 Å². The molecule has 0 radical (unpaired) electrons. The molecule has 0 unspecified atom stereocenters. The third-order valence-corrected chi connectivity index (χ3v) is 2.36. The smallest absolute Gasteiger partial charge is 0.210 e. The average molecular weight is 220 g/mol. The Labute approximate surface area is 96.8 Å². The molecule has 0 atom stereocenters. The maximum atomic E-state index is 2.18. The van der Waals surface area contributed by atoms with Gasteiger partial charge >= 0.3 is 0 Å². The van der Waals surface area contributed by atoms with Crippen LogP contribution in [0.3, 0.4) is 0 Å². The second-order valence-electron chi connectivity index (χ2n) is 3.30. The Bertz CT molecular complexity index is 395. The Kier molecular flexibility index (Phi) is 4.32. The summed E-state index contributed by atoms with van der Waals surface area (Å²) in [5.74, 6) is 0. The number of pyridine rings is 1. The van der Waals surface area contributed by atoms with Crippen molar-refractivity contribution in [1.82, 2.24) is 0 Å². The molecule has 2 rings (SSSR count). The van der Waals surface area contributed by atoms with Crippen LogP contribution in [0.2, 0.25) is 0 Å². The van der Waals surface area contributed by atoms with Crippen LogP contribution in [0.15, 0.2) is 54.9 Å². The number of halogens is 1. The molecule has 1 aromatic carbocycles. The number of hydrogen-bond acceptors (Lipinski definition) is 0. The van der Waals surface area contributed by atoms with E-state index < -0.39 is 0 Å². The Hall–Kier alpha value is -1.34. The van der Waals surface area contributed by atoms with Crippen molar-refractivity contribution < 1.29 is 17.0 Å². The largest absolute Gasteiger partial charge is 1.00 e. The minimum atomic E-state index is 0. The van der Waals surface area contributed by atoms with Crippen LogP contribution in [0.1, 0.15) is 12.5 Å². The molecule has 0 aliphatic carbocycles. The van der Waals surface area contributed by atoms with Gasteiger partial charge in [-0.25, -0.2) is 0 Å². The monoisotopic (exact) mass is 219 g/mol. The van der Waals surface area contributed by atoms with Crippen LogP contribution >= 0.6 is 0 Å². The molecule has 0 aliphatic rings. The summed E-state index contributed by atoms with van der Waals surface area (Å²) in [6.45, 7) is 2.17. The second-order valence-corrected chi connectivity index (χ2v) is 3.30. The van der Waals surface area contributed by atoms with Crippen molar-refractivity contribution in [2.75, 3.05) is 0 Å². The van der Waals surface area contributed by atoms with E-state index in [-0.39, 0.29) is 12.4 Å². The normalized spacial score (nSPS) is 9.40. The summed E-state index contributed by atoms with van der Waals surface area (Å²) in [6.07, 6.45) is 5.21. The molecule has 1 heterocycles. The van der Waals surface area contributed by atoms with Crippen LogP contribution < -0.4 is 17.0 Å². The van der Waals surface area contributed by atoms with Gasteiger partial charge in [0.2, 0.25) is 5.69 Å². The molecule has 0 saturated carbocycles. The first-order valence-electron chi connectivity index (χ1n) is 4.96. The van der Waals surface area contributed by atoms with Gasteiger partial charge in [0.25, 0.3) is 0 Å². The molecule has 2 aromatic rings. The van der Waals surface area contributed by atoms with Crippen LogP contribution in [0.25, 0.3) is 5.69 Å². The summed E-state index contributed by atoms with van der Waals surface area (Å²) in [5, 5.41) is 0. The summed E-state index contributed by atoms with van der Waals surface area (Å²) in [5.41, 5.74) is 2.59. The molecular formula is C13H14ClN. The lowest BCUT2D eigenvalue weighted by Crippen LogP contribution is -3.00. The third kappa shape index (κ3) is 2.80. The summed E-state index contributed by atoms with van der Waals surface area (Å²) >= 11 is 0. The van der Waals surface area contributed by atoms with Crippen LogP contribution in [-0.4, -0.2) is 0 Å². The fraction of sp³-hybridized carbons (Fsp3) is 0.154. The maximum absolute atomic E-state index is 2.18. The number of nitrogens with zero attached hydrogens (tertiary/aromatic N) is 1. The summed E-state index contributed by atoms with van der Waals surface area (Å²) in [4.78, 5) is 0. The summed E-state index contributed by atoms with van der Waals surface area (Å²) in [6, 6.07) is 14.8. The van der Waals surface area contributed by atoms with Gasteiger partial charge in [0.1, 0.15) is 0 Å². The first-order valence-corrected chi connectivity index (χ1v) is 4.96. The number of hydrogen-bond donors (Lipinski definition) is 0. The van der Waals surface area contributed by atoms with Gasteiger partial charge in [-0.3, -0.25) is 0 Å². The highest BCUT2D eigenvalue weighted by atomic mass is 35.5. The fourth-order valence-corrected chi connectivity index (χ4v) is 1.47. The van der Waals surface area contributed by atoms with Gasteiger partial charge in [0.15, 0.2) is 12.4 Å². The number of benzene rings is 1. The van der Waals surface area contributed by atoms with E-state index in [2.05, 4.69) is 48.1 Å². The Morgan fingerprint density at radius 1 is 0.933 bits per heavy atom. The molecule has 78 valence electrons.